The topological polar surface area (TPSA) is 86.9 Å². The van der Waals surface area contributed by atoms with Gasteiger partial charge in [0.2, 0.25) is 0 Å². The van der Waals surface area contributed by atoms with Gasteiger partial charge in [0.25, 0.3) is 11.1 Å². The first-order valence-corrected chi connectivity index (χ1v) is 11.1. The number of rotatable bonds is 4. The number of nitrogens with zero attached hydrogens (tertiary/aromatic N) is 3. The Morgan fingerprint density at radius 3 is 2.81 bits per heavy atom. The number of amides is 2. The molecular formula is C23H22N4O3S. The molecule has 2 aliphatic heterocycles. The number of imide groups is 1. The van der Waals surface area contributed by atoms with Gasteiger partial charge in [-0.25, -0.2) is 4.98 Å². The first kappa shape index (κ1) is 20.0. The van der Waals surface area contributed by atoms with Crippen LogP contribution in [0.5, 0.6) is 0 Å². The van der Waals surface area contributed by atoms with E-state index in [-0.39, 0.29) is 17.3 Å². The second kappa shape index (κ2) is 8.30. The van der Waals surface area contributed by atoms with Crippen LogP contribution >= 0.6 is 11.8 Å². The highest BCUT2D eigenvalue weighted by Crippen LogP contribution is 2.27. The van der Waals surface area contributed by atoms with Crippen LogP contribution in [-0.2, 0) is 11.3 Å². The van der Waals surface area contributed by atoms with E-state index in [1.807, 2.05) is 28.9 Å². The quantitative estimate of drug-likeness (QED) is 0.613. The highest BCUT2D eigenvalue weighted by Gasteiger charge is 2.25. The van der Waals surface area contributed by atoms with E-state index in [9.17, 15) is 14.7 Å². The van der Waals surface area contributed by atoms with Crippen LogP contribution in [0, 0.1) is 0 Å². The maximum absolute atomic E-state index is 11.9. The maximum atomic E-state index is 11.9. The molecule has 5 rings (SSSR count). The Balaban J connectivity index is 1.43. The van der Waals surface area contributed by atoms with Crippen LogP contribution in [0.2, 0.25) is 0 Å². The molecule has 31 heavy (non-hydrogen) atoms. The number of hydrogen-bond acceptors (Lipinski definition) is 6. The van der Waals surface area contributed by atoms with Crippen LogP contribution in [0.3, 0.4) is 0 Å². The molecule has 1 aromatic carbocycles. The summed E-state index contributed by atoms with van der Waals surface area (Å²) in [5, 5.41) is 11.7. The Morgan fingerprint density at radius 1 is 1.19 bits per heavy atom. The molecule has 0 radical (unpaired) electrons. The first-order valence-electron chi connectivity index (χ1n) is 10.3. The van der Waals surface area contributed by atoms with Crippen molar-refractivity contribution in [2.45, 2.75) is 25.5 Å². The van der Waals surface area contributed by atoms with Gasteiger partial charge in [-0.3, -0.25) is 24.2 Å². The zero-order valence-corrected chi connectivity index (χ0v) is 17.6. The molecule has 2 amide bonds. The average Bonchev–Trinajstić information content (AvgIpc) is 3.32. The summed E-state index contributed by atoms with van der Waals surface area (Å²) in [6.07, 6.45) is 6.98. The summed E-state index contributed by atoms with van der Waals surface area (Å²) in [5.41, 5.74) is 4.88. The molecule has 0 spiro atoms. The highest BCUT2D eigenvalue weighted by atomic mass is 32.2. The predicted molar refractivity (Wildman–Crippen MR) is 120 cm³/mol. The van der Waals surface area contributed by atoms with E-state index in [4.69, 9.17) is 0 Å². The maximum Gasteiger partial charge on any atom is 0.290 e. The van der Waals surface area contributed by atoms with Gasteiger partial charge in [-0.1, -0.05) is 18.2 Å². The molecule has 7 nitrogen and oxygen atoms in total. The SMILES string of the molecule is O=C1NC(=O)C(=Cc2ccc3ncc(-c4cccc(CN5CCC(O)CC5)c4)n3c2)S1. The van der Waals surface area contributed by atoms with Crippen molar-refractivity contribution in [2.24, 2.45) is 0 Å². The Labute approximate surface area is 183 Å². The van der Waals surface area contributed by atoms with Crippen molar-refractivity contribution in [3.8, 4) is 11.3 Å². The van der Waals surface area contributed by atoms with Crippen molar-refractivity contribution in [3.63, 3.8) is 0 Å². The lowest BCUT2D eigenvalue weighted by molar-refractivity contribution is -0.115. The Morgan fingerprint density at radius 2 is 2.03 bits per heavy atom. The number of hydrogen-bond donors (Lipinski definition) is 2. The molecule has 158 valence electrons. The normalized spacial score (nSPS) is 19.5. The van der Waals surface area contributed by atoms with E-state index in [0.717, 1.165) is 66.7 Å². The molecule has 0 saturated carbocycles. The third-order valence-corrected chi connectivity index (χ3v) is 6.46. The number of thioether (sulfide) groups is 1. The monoisotopic (exact) mass is 434 g/mol. The van der Waals surface area contributed by atoms with Gasteiger partial charge in [0, 0.05) is 31.4 Å². The molecule has 2 aliphatic rings. The molecule has 4 heterocycles. The molecule has 0 aliphatic carbocycles. The number of likely N-dealkylation sites (tertiary alicyclic amines) is 1. The van der Waals surface area contributed by atoms with Gasteiger partial charge in [0.05, 0.1) is 22.9 Å². The molecular weight excluding hydrogens is 412 g/mol. The summed E-state index contributed by atoms with van der Waals surface area (Å²) in [5.74, 6) is -0.362. The molecule has 2 fully saturated rings. The van der Waals surface area contributed by atoms with Gasteiger partial charge in [0.1, 0.15) is 5.65 Å². The zero-order chi connectivity index (χ0) is 21.4. The van der Waals surface area contributed by atoms with Gasteiger partial charge in [-0.05, 0) is 60.0 Å². The third kappa shape index (κ3) is 4.27. The lowest BCUT2D eigenvalue weighted by Gasteiger charge is -2.29. The number of benzene rings is 1. The minimum atomic E-state index is -0.362. The van der Waals surface area contributed by atoms with Gasteiger partial charge in [-0.15, -0.1) is 0 Å². The van der Waals surface area contributed by atoms with Crippen molar-refractivity contribution in [1.29, 1.82) is 0 Å². The number of aliphatic hydroxyl groups excluding tert-OH is 1. The molecule has 0 bridgehead atoms. The Kier molecular flexibility index (Phi) is 5.35. The Hall–Kier alpha value is -2.94. The molecule has 2 N–H and O–H groups in total. The second-order valence-electron chi connectivity index (χ2n) is 7.89. The number of carbonyl (C=O) groups excluding carboxylic acids is 2. The van der Waals surface area contributed by atoms with E-state index < -0.39 is 0 Å². The summed E-state index contributed by atoms with van der Waals surface area (Å²) in [6, 6.07) is 12.2. The van der Waals surface area contributed by atoms with Crippen LogP contribution in [0.25, 0.3) is 23.0 Å². The minimum absolute atomic E-state index is 0.170. The fourth-order valence-electron chi connectivity index (χ4n) is 4.03. The summed E-state index contributed by atoms with van der Waals surface area (Å²) in [4.78, 5) is 30.5. The number of piperidine rings is 1. The van der Waals surface area contributed by atoms with Crippen LogP contribution < -0.4 is 5.32 Å². The zero-order valence-electron chi connectivity index (χ0n) is 16.8. The molecule has 0 atom stereocenters. The number of fused-ring (bicyclic) bond motifs is 1. The highest BCUT2D eigenvalue weighted by molar-refractivity contribution is 8.18. The van der Waals surface area contributed by atoms with Crippen LogP contribution in [-0.4, -0.2) is 49.7 Å². The number of aliphatic hydroxyl groups is 1. The number of nitrogens with one attached hydrogen (secondary N) is 1. The second-order valence-corrected chi connectivity index (χ2v) is 8.91. The fourth-order valence-corrected chi connectivity index (χ4v) is 4.72. The minimum Gasteiger partial charge on any atom is -0.393 e. The van der Waals surface area contributed by atoms with Crippen molar-refractivity contribution >= 4 is 34.6 Å². The van der Waals surface area contributed by atoms with Gasteiger partial charge < -0.3 is 5.11 Å². The summed E-state index contributed by atoms with van der Waals surface area (Å²) in [7, 11) is 0. The molecule has 2 aromatic heterocycles. The average molecular weight is 435 g/mol. The molecule has 3 aromatic rings. The predicted octanol–water partition coefficient (Wildman–Crippen LogP) is 3.28. The Bertz CT molecular complexity index is 1190. The van der Waals surface area contributed by atoms with Gasteiger partial charge in [0.15, 0.2) is 0 Å². The number of aromatic nitrogens is 2. The van der Waals surface area contributed by atoms with Crippen LogP contribution in [0.4, 0.5) is 4.79 Å². The smallest absolute Gasteiger partial charge is 0.290 e. The standard InChI is InChI=1S/C23H22N4O3S/c28-18-6-8-26(9-7-18)13-15-2-1-3-17(10-15)19-12-24-21-5-4-16(14-27(19)21)11-20-22(29)25-23(30)31-20/h1-5,10-12,14,18,28H,6-9,13H2,(H,25,29,30). The molecule has 2 saturated heterocycles. The van der Waals surface area contributed by atoms with E-state index in [1.165, 1.54) is 5.56 Å². The van der Waals surface area contributed by atoms with E-state index >= 15 is 0 Å². The van der Waals surface area contributed by atoms with E-state index in [1.54, 1.807) is 6.08 Å². The van der Waals surface area contributed by atoms with Crippen LogP contribution in [0.1, 0.15) is 24.0 Å². The first-order chi connectivity index (χ1) is 15.0. The molecule has 8 heteroatoms. The van der Waals surface area contributed by atoms with Crippen LogP contribution in [0.15, 0.2) is 53.7 Å². The fraction of sp³-hybridized carbons (Fsp3) is 0.261. The number of imidazole rings is 1. The van der Waals surface area contributed by atoms with Crippen molar-refractivity contribution in [1.82, 2.24) is 19.6 Å². The van der Waals surface area contributed by atoms with Crippen molar-refractivity contribution in [3.05, 3.63) is 64.8 Å². The summed E-state index contributed by atoms with van der Waals surface area (Å²) >= 11 is 0.911. The third-order valence-electron chi connectivity index (χ3n) is 5.65. The van der Waals surface area contributed by atoms with E-state index in [0.29, 0.717) is 4.91 Å². The van der Waals surface area contributed by atoms with Crippen molar-refractivity contribution in [2.75, 3.05) is 13.1 Å². The number of carbonyl (C=O) groups is 2. The lowest BCUT2D eigenvalue weighted by atomic mass is 10.0. The molecule has 0 unspecified atom stereocenters. The number of pyridine rings is 1. The van der Waals surface area contributed by atoms with Gasteiger partial charge >= 0.3 is 0 Å². The van der Waals surface area contributed by atoms with Gasteiger partial charge in [-0.2, -0.15) is 0 Å². The summed E-state index contributed by atoms with van der Waals surface area (Å²) in [6.45, 7) is 2.68. The van der Waals surface area contributed by atoms with Crippen molar-refractivity contribution < 1.29 is 14.7 Å². The lowest BCUT2D eigenvalue weighted by Crippen LogP contribution is -2.35. The largest absolute Gasteiger partial charge is 0.393 e. The van der Waals surface area contributed by atoms with E-state index in [2.05, 4.69) is 39.5 Å². The summed E-state index contributed by atoms with van der Waals surface area (Å²) < 4.78 is 2.00.